The number of anilines is 2. The number of amides is 1. The number of thiophene rings is 1. The van der Waals surface area contributed by atoms with Crippen molar-refractivity contribution in [2.24, 2.45) is 0 Å². The van der Waals surface area contributed by atoms with Crippen molar-refractivity contribution in [2.75, 3.05) is 23.3 Å². The van der Waals surface area contributed by atoms with E-state index in [1.54, 1.807) is 6.33 Å². The number of hydrogen-bond acceptors (Lipinski definition) is 5. The van der Waals surface area contributed by atoms with Crippen LogP contribution >= 0.6 is 11.3 Å². The normalized spacial score (nSPS) is 14.3. The summed E-state index contributed by atoms with van der Waals surface area (Å²) in [5, 5.41) is 7.67. The number of carbonyl (C=O) groups is 1. The molecule has 1 N–H and O–H groups in total. The third-order valence-electron chi connectivity index (χ3n) is 4.06. The highest BCUT2D eigenvalue weighted by Gasteiger charge is 2.17. The molecule has 2 aromatic heterocycles. The van der Waals surface area contributed by atoms with Crippen LogP contribution in [0.3, 0.4) is 0 Å². The Balaban J connectivity index is 1.69. The van der Waals surface area contributed by atoms with E-state index < -0.39 is 0 Å². The van der Waals surface area contributed by atoms with Gasteiger partial charge in [0.2, 0.25) is 0 Å². The highest BCUT2D eigenvalue weighted by molar-refractivity contribution is 7.08. The molecule has 1 saturated heterocycles. The summed E-state index contributed by atoms with van der Waals surface area (Å²) in [6.07, 6.45) is 4.00. The van der Waals surface area contributed by atoms with Crippen molar-refractivity contribution in [2.45, 2.75) is 12.8 Å². The van der Waals surface area contributed by atoms with E-state index in [2.05, 4.69) is 20.2 Å². The van der Waals surface area contributed by atoms with Gasteiger partial charge in [0.1, 0.15) is 12.1 Å². The minimum Gasteiger partial charge on any atom is -0.356 e. The van der Waals surface area contributed by atoms with Gasteiger partial charge in [0.05, 0.1) is 11.1 Å². The molecule has 23 heavy (non-hydrogen) atoms. The van der Waals surface area contributed by atoms with Gasteiger partial charge in [-0.3, -0.25) is 4.79 Å². The third-order valence-corrected chi connectivity index (χ3v) is 4.74. The van der Waals surface area contributed by atoms with Crippen molar-refractivity contribution >= 4 is 39.7 Å². The number of carbonyl (C=O) groups excluding carboxylic acids is 1. The molecule has 6 heteroatoms. The average Bonchev–Trinajstić information content (AvgIpc) is 3.27. The number of fused-ring (bicyclic) bond motifs is 1. The molecule has 4 rings (SSSR count). The first kappa shape index (κ1) is 14.1. The second kappa shape index (κ2) is 5.96. The standard InChI is InChI=1S/C17H16N4OS/c22-17(12-5-8-23-10-12)20-13-3-4-15-14(9-13)16(19-11-18-15)21-6-1-2-7-21/h3-5,8-11H,1-2,6-7H2,(H,20,22). The molecule has 0 bridgehead atoms. The molecule has 1 aliphatic rings. The predicted molar refractivity (Wildman–Crippen MR) is 93.3 cm³/mol. The molecule has 3 aromatic rings. The van der Waals surface area contributed by atoms with E-state index in [1.807, 2.05) is 35.0 Å². The van der Waals surface area contributed by atoms with Crippen LogP contribution in [0.25, 0.3) is 10.9 Å². The largest absolute Gasteiger partial charge is 0.356 e. The van der Waals surface area contributed by atoms with Gasteiger partial charge in [-0.25, -0.2) is 9.97 Å². The van der Waals surface area contributed by atoms with Gasteiger partial charge in [-0.05, 0) is 42.5 Å². The fourth-order valence-corrected chi connectivity index (χ4v) is 3.53. The summed E-state index contributed by atoms with van der Waals surface area (Å²) in [6.45, 7) is 2.05. The number of nitrogens with zero attached hydrogens (tertiary/aromatic N) is 3. The fraction of sp³-hybridized carbons (Fsp3) is 0.235. The van der Waals surface area contributed by atoms with Gasteiger partial charge in [-0.15, -0.1) is 0 Å². The number of benzene rings is 1. The maximum absolute atomic E-state index is 12.2. The molecule has 0 aliphatic carbocycles. The van der Waals surface area contributed by atoms with Crippen LogP contribution in [0.4, 0.5) is 11.5 Å². The Morgan fingerprint density at radius 2 is 2.04 bits per heavy atom. The molecule has 1 amide bonds. The Morgan fingerprint density at radius 1 is 1.17 bits per heavy atom. The van der Waals surface area contributed by atoms with Gasteiger partial charge >= 0.3 is 0 Å². The summed E-state index contributed by atoms with van der Waals surface area (Å²) >= 11 is 1.51. The molecule has 0 unspecified atom stereocenters. The zero-order valence-electron chi connectivity index (χ0n) is 12.5. The van der Waals surface area contributed by atoms with Crippen LogP contribution in [0.5, 0.6) is 0 Å². The van der Waals surface area contributed by atoms with Crippen molar-refractivity contribution in [1.29, 1.82) is 0 Å². The summed E-state index contributed by atoms with van der Waals surface area (Å²) < 4.78 is 0. The minimum atomic E-state index is -0.0924. The van der Waals surface area contributed by atoms with E-state index in [1.165, 1.54) is 24.2 Å². The van der Waals surface area contributed by atoms with Gasteiger partial charge in [0, 0.05) is 29.5 Å². The van der Waals surface area contributed by atoms with Crippen molar-refractivity contribution in [3.05, 3.63) is 46.9 Å². The lowest BCUT2D eigenvalue weighted by Gasteiger charge is -2.18. The first-order valence-corrected chi connectivity index (χ1v) is 8.59. The molecule has 3 heterocycles. The Morgan fingerprint density at radius 3 is 2.83 bits per heavy atom. The van der Waals surface area contributed by atoms with Crippen LogP contribution < -0.4 is 10.2 Å². The van der Waals surface area contributed by atoms with Crippen LogP contribution in [0.2, 0.25) is 0 Å². The molecule has 1 aliphatic heterocycles. The second-order valence-electron chi connectivity index (χ2n) is 5.59. The van der Waals surface area contributed by atoms with Gasteiger partial charge in [-0.2, -0.15) is 11.3 Å². The van der Waals surface area contributed by atoms with Gasteiger partial charge in [0.15, 0.2) is 0 Å². The SMILES string of the molecule is O=C(Nc1ccc2ncnc(N3CCCC3)c2c1)c1ccsc1. The molecular weight excluding hydrogens is 308 g/mol. The zero-order chi connectivity index (χ0) is 15.6. The van der Waals surface area contributed by atoms with E-state index in [9.17, 15) is 4.79 Å². The second-order valence-corrected chi connectivity index (χ2v) is 6.37. The van der Waals surface area contributed by atoms with E-state index in [4.69, 9.17) is 0 Å². The Hall–Kier alpha value is -2.47. The van der Waals surface area contributed by atoms with E-state index in [0.29, 0.717) is 5.56 Å². The maximum atomic E-state index is 12.2. The summed E-state index contributed by atoms with van der Waals surface area (Å²) in [5.74, 6) is 0.865. The minimum absolute atomic E-state index is 0.0924. The summed E-state index contributed by atoms with van der Waals surface area (Å²) in [5.41, 5.74) is 2.35. The number of hydrogen-bond donors (Lipinski definition) is 1. The molecule has 116 valence electrons. The highest BCUT2D eigenvalue weighted by atomic mass is 32.1. The van der Waals surface area contributed by atoms with Crippen LogP contribution in [0.15, 0.2) is 41.4 Å². The highest BCUT2D eigenvalue weighted by Crippen LogP contribution is 2.28. The molecule has 0 radical (unpaired) electrons. The molecule has 0 saturated carbocycles. The average molecular weight is 324 g/mol. The molecule has 1 fully saturated rings. The summed E-state index contributed by atoms with van der Waals surface area (Å²) in [6, 6.07) is 7.60. The predicted octanol–water partition coefficient (Wildman–Crippen LogP) is 3.54. The molecule has 0 spiro atoms. The van der Waals surface area contributed by atoms with Crippen molar-refractivity contribution < 1.29 is 4.79 Å². The van der Waals surface area contributed by atoms with Crippen molar-refractivity contribution in [3.8, 4) is 0 Å². The summed E-state index contributed by atoms with van der Waals surface area (Å²) in [7, 11) is 0. The van der Waals surface area contributed by atoms with E-state index in [0.717, 1.165) is 35.5 Å². The van der Waals surface area contributed by atoms with Crippen LogP contribution in [0, 0.1) is 0 Å². The smallest absolute Gasteiger partial charge is 0.256 e. The maximum Gasteiger partial charge on any atom is 0.256 e. The lowest BCUT2D eigenvalue weighted by Crippen LogP contribution is -2.19. The summed E-state index contributed by atoms with van der Waals surface area (Å²) in [4.78, 5) is 23.3. The topological polar surface area (TPSA) is 58.1 Å². The third kappa shape index (κ3) is 2.77. The molecular formula is C17H16N4OS. The van der Waals surface area contributed by atoms with Crippen LogP contribution in [-0.2, 0) is 0 Å². The first-order chi connectivity index (χ1) is 11.3. The first-order valence-electron chi connectivity index (χ1n) is 7.64. The van der Waals surface area contributed by atoms with Crippen LogP contribution in [0.1, 0.15) is 23.2 Å². The van der Waals surface area contributed by atoms with Gasteiger partial charge in [0.25, 0.3) is 5.91 Å². The number of aromatic nitrogens is 2. The number of nitrogens with one attached hydrogen (secondary N) is 1. The van der Waals surface area contributed by atoms with Crippen molar-refractivity contribution in [1.82, 2.24) is 9.97 Å². The van der Waals surface area contributed by atoms with E-state index in [-0.39, 0.29) is 5.91 Å². The molecule has 1 aromatic carbocycles. The zero-order valence-corrected chi connectivity index (χ0v) is 13.3. The van der Waals surface area contributed by atoms with E-state index >= 15 is 0 Å². The lowest BCUT2D eigenvalue weighted by molar-refractivity contribution is 0.102. The number of rotatable bonds is 3. The Bertz CT molecular complexity index is 841. The Labute approximate surface area is 138 Å². The van der Waals surface area contributed by atoms with Gasteiger partial charge < -0.3 is 10.2 Å². The monoisotopic (exact) mass is 324 g/mol. The molecule has 5 nitrogen and oxygen atoms in total. The van der Waals surface area contributed by atoms with Crippen LogP contribution in [-0.4, -0.2) is 29.0 Å². The lowest BCUT2D eigenvalue weighted by atomic mass is 10.2. The fourth-order valence-electron chi connectivity index (χ4n) is 2.90. The van der Waals surface area contributed by atoms with Gasteiger partial charge in [-0.1, -0.05) is 0 Å². The molecule has 0 atom stereocenters. The quantitative estimate of drug-likeness (QED) is 0.800. The van der Waals surface area contributed by atoms with Crippen molar-refractivity contribution in [3.63, 3.8) is 0 Å². The Kier molecular flexibility index (Phi) is 3.67.